The van der Waals surface area contributed by atoms with Gasteiger partial charge in [-0.05, 0) is 44.6 Å². The van der Waals surface area contributed by atoms with E-state index in [1.54, 1.807) is 0 Å². The van der Waals surface area contributed by atoms with Crippen LogP contribution in [0.2, 0.25) is 0 Å². The Morgan fingerprint density at radius 1 is 1.17 bits per heavy atom. The summed E-state index contributed by atoms with van der Waals surface area (Å²) in [7, 11) is 2.19. The van der Waals surface area contributed by atoms with Crippen molar-refractivity contribution in [1.29, 1.82) is 0 Å². The molecule has 5 nitrogen and oxygen atoms in total. The Kier molecular flexibility index (Phi) is 5.94. The Balaban J connectivity index is 1.31. The third kappa shape index (κ3) is 5.16. The molecule has 0 aliphatic carbocycles. The highest BCUT2D eigenvalue weighted by molar-refractivity contribution is 5.76. The summed E-state index contributed by atoms with van der Waals surface area (Å²) >= 11 is 0. The molecule has 0 aromatic carbocycles. The minimum absolute atomic E-state index is 0.265. The number of likely N-dealkylation sites (N-methyl/N-ethyl adjacent to an activating group) is 1. The predicted octanol–water partition coefficient (Wildman–Crippen LogP) is 0.907. The molecule has 3 rings (SSSR count). The maximum atomic E-state index is 12.2. The lowest BCUT2D eigenvalue weighted by atomic mass is 9.89. The van der Waals surface area contributed by atoms with Gasteiger partial charge >= 0.3 is 0 Å². The highest BCUT2D eigenvalue weighted by Gasteiger charge is 2.34. The van der Waals surface area contributed by atoms with E-state index >= 15 is 0 Å². The Hall–Kier alpha value is -0.650. The zero-order chi connectivity index (χ0) is 16.2. The average Bonchev–Trinajstić information content (AvgIpc) is 2.86. The van der Waals surface area contributed by atoms with Crippen molar-refractivity contribution in [3.8, 4) is 0 Å². The number of nitrogens with one attached hydrogen (secondary N) is 2. The highest BCUT2D eigenvalue weighted by atomic mass is 16.1. The molecular weight excluding hydrogens is 288 g/mol. The maximum absolute atomic E-state index is 12.2. The van der Waals surface area contributed by atoms with Crippen LogP contribution in [0.4, 0.5) is 0 Å². The van der Waals surface area contributed by atoms with E-state index in [9.17, 15) is 4.79 Å². The van der Waals surface area contributed by atoms with Crippen molar-refractivity contribution in [2.75, 3.05) is 46.3 Å². The summed E-state index contributed by atoms with van der Waals surface area (Å²) in [4.78, 5) is 17.1. The Labute approximate surface area is 141 Å². The molecule has 2 bridgehead atoms. The number of fused-ring (bicyclic) bond motifs is 2. The van der Waals surface area contributed by atoms with E-state index in [1.165, 1.54) is 25.7 Å². The topological polar surface area (TPSA) is 47.6 Å². The second-order valence-corrected chi connectivity index (χ2v) is 8.19. The first-order chi connectivity index (χ1) is 11.1. The number of hydrogen-bond donors (Lipinski definition) is 2. The molecule has 3 atom stereocenters. The van der Waals surface area contributed by atoms with Crippen molar-refractivity contribution < 1.29 is 4.79 Å². The van der Waals surface area contributed by atoms with Crippen LogP contribution in [0.25, 0.3) is 0 Å². The van der Waals surface area contributed by atoms with Crippen molar-refractivity contribution in [3.63, 3.8) is 0 Å². The van der Waals surface area contributed by atoms with E-state index in [1.807, 2.05) is 0 Å². The van der Waals surface area contributed by atoms with Crippen molar-refractivity contribution in [1.82, 2.24) is 20.4 Å². The number of piperidine rings is 1. The standard InChI is InChI=1S/C18H34N4O/c1-14(13-22-7-5-21(2)6-8-22)12-19-18(23)11-15-9-16-3-4-17(10-15)20-16/h14-17,20H,3-13H2,1-2H3,(H,19,23). The summed E-state index contributed by atoms with van der Waals surface area (Å²) in [5.74, 6) is 1.40. The summed E-state index contributed by atoms with van der Waals surface area (Å²) in [5.41, 5.74) is 0. The van der Waals surface area contributed by atoms with E-state index in [2.05, 4.69) is 34.4 Å². The van der Waals surface area contributed by atoms with Gasteiger partial charge in [0.2, 0.25) is 5.91 Å². The quantitative estimate of drug-likeness (QED) is 0.763. The molecule has 0 aromatic rings. The fraction of sp³-hybridized carbons (Fsp3) is 0.944. The van der Waals surface area contributed by atoms with Crippen LogP contribution < -0.4 is 10.6 Å². The zero-order valence-electron chi connectivity index (χ0n) is 14.9. The van der Waals surface area contributed by atoms with Crippen molar-refractivity contribution in [2.24, 2.45) is 11.8 Å². The highest BCUT2D eigenvalue weighted by Crippen LogP contribution is 2.32. The largest absolute Gasteiger partial charge is 0.356 e. The molecule has 0 aromatic heterocycles. The first-order valence-corrected chi connectivity index (χ1v) is 9.52. The van der Waals surface area contributed by atoms with Gasteiger partial charge in [-0.3, -0.25) is 4.79 Å². The molecule has 1 amide bonds. The molecule has 3 saturated heterocycles. The van der Waals surface area contributed by atoms with E-state index in [4.69, 9.17) is 0 Å². The number of hydrogen-bond acceptors (Lipinski definition) is 4. The summed E-state index contributed by atoms with van der Waals surface area (Å²) in [6.45, 7) is 8.82. The van der Waals surface area contributed by atoms with Gasteiger partial charge in [-0.15, -0.1) is 0 Å². The third-order valence-corrected chi connectivity index (χ3v) is 5.86. The molecule has 23 heavy (non-hydrogen) atoms. The van der Waals surface area contributed by atoms with Crippen molar-refractivity contribution in [2.45, 2.75) is 51.1 Å². The van der Waals surface area contributed by atoms with Crippen LogP contribution in [0.3, 0.4) is 0 Å². The number of nitrogens with zero attached hydrogens (tertiary/aromatic N) is 2. The summed E-state index contributed by atoms with van der Waals surface area (Å²) in [5, 5.41) is 6.83. The van der Waals surface area contributed by atoms with Crippen LogP contribution in [0.5, 0.6) is 0 Å². The van der Waals surface area contributed by atoms with Gasteiger partial charge < -0.3 is 20.4 Å². The van der Waals surface area contributed by atoms with Gasteiger partial charge in [-0.1, -0.05) is 6.92 Å². The van der Waals surface area contributed by atoms with Crippen molar-refractivity contribution >= 4 is 5.91 Å². The fourth-order valence-corrected chi connectivity index (χ4v) is 4.50. The Morgan fingerprint density at radius 2 is 1.83 bits per heavy atom. The molecule has 3 fully saturated rings. The molecule has 3 aliphatic rings. The lowest BCUT2D eigenvalue weighted by Crippen LogP contribution is -2.47. The normalized spacial score (nSPS) is 33.6. The summed E-state index contributed by atoms with van der Waals surface area (Å²) in [6.07, 6.45) is 5.74. The van der Waals surface area contributed by atoms with Crippen molar-refractivity contribution in [3.05, 3.63) is 0 Å². The van der Waals surface area contributed by atoms with E-state index < -0.39 is 0 Å². The molecule has 2 N–H and O–H groups in total. The third-order valence-electron chi connectivity index (χ3n) is 5.86. The number of rotatable bonds is 6. The van der Waals surface area contributed by atoms with Gasteiger partial charge in [-0.2, -0.15) is 0 Å². The molecule has 3 heterocycles. The SMILES string of the molecule is CC(CNC(=O)CC1CC2CCC(C1)N2)CN1CCN(C)CC1. The van der Waals surface area contributed by atoms with Gasteiger partial charge in [0.05, 0.1) is 0 Å². The number of carbonyl (C=O) groups is 1. The van der Waals surface area contributed by atoms with Gasteiger partial charge in [0.25, 0.3) is 0 Å². The lowest BCUT2D eigenvalue weighted by Gasteiger charge is -2.34. The number of amides is 1. The van der Waals surface area contributed by atoms with Gasteiger partial charge in [-0.25, -0.2) is 0 Å². The minimum Gasteiger partial charge on any atom is -0.356 e. The van der Waals surface area contributed by atoms with Gasteiger partial charge in [0, 0.05) is 57.8 Å². The second kappa shape index (κ2) is 7.95. The zero-order valence-corrected chi connectivity index (χ0v) is 14.9. The fourth-order valence-electron chi connectivity index (χ4n) is 4.50. The number of carbonyl (C=O) groups excluding carboxylic acids is 1. The van der Waals surface area contributed by atoms with Crippen LogP contribution in [-0.2, 0) is 4.79 Å². The molecular formula is C18H34N4O. The summed E-state index contributed by atoms with van der Waals surface area (Å²) < 4.78 is 0. The van der Waals surface area contributed by atoms with Gasteiger partial charge in [0.1, 0.15) is 0 Å². The molecule has 0 saturated carbocycles. The minimum atomic E-state index is 0.265. The number of piperazine rings is 1. The van der Waals surface area contributed by atoms with Crippen LogP contribution in [0.1, 0.15) is 39.0 Å². The smallest absolute Gasteiger partial charge is 0.220 e. The maximum Gasteiger partial charge on any atom is 0.220 e. The monoisotopic (exact) mass is 322 g/mol. The average molecular weight is 322 g/mol. The van der Waals surface area contributed by atoms with E-state index in [0.29, 0.717) is 23.9 Å². The molecule has 3 unspecified atom stereocenters. The van der Waals surface area contributed by atoms with Gasteiger partial charge in [0.15, 0.2) is 0 Å². The molecule has 3 aliphatic heterocycles. The van der Waals surface area contributed by atoms with E-state index in [0.717, 1.165) is 45.7 Å². The first kappa shape index (κ1) is 17.2. The molecule has 5 heteroatoms. The van der Waals surface area contributed by atoms with Crippen LogP contribution >= 0.6 is 0 Å². The first-order valence-electron chi connectivity index (χ1n) is 9.52. The van der Waals surface area contributed by atoms with Crippen LogP contribution in [-0.4, -0.2) is 74.1 Å². The molecule has 0 spiro atoms. The Bertz CT molecular complexity index is 382. The van der Waals surface area contributed by atoms with E-state index in [-0.39, 0.29) is 5.91 Å². The predicted molar refractivity (Wildman–Crippen MR) is 93.4 cm³/mol. The second-order valence-electron chi connectivity index (χ2n) is 8.19. The van der Waals surface area contributed by atoms with Crippen LogP contribution in [0, 0.1) is 11.8 Å². The van der Waals surface area contributed by atoms with Crippen LogP contribution in [0.15, 0.2) is 0 Å². The Morgan fingerprint density at radius 3 is 2.48 bits per heavy atom. The molecule has 132 valence electrons. The molecule has 0 radical (unpaired) electrons. The summed E-state index contributed by atoms with van der Waals surface area (Å²) in [6, 6.07) is 1.37. The lowest BCUT2D eigenvalue weighted by molar-refractivity contribution is -0.122.